The normalized spacial score (nSPS) is 17.5. The molecule has 3 heterocycles. The van der Waals surface area contributed by atoms with Gasteiger partial charge in [0.25, 0.3) is 0 Å². The molecule has 15 heteroatoms. The van der Waals surface area contributed by atoms with E-state index in [9.17, 15) is 35.8 Å². The van der Waals surface area contributed by atoms with Gasteiger partial charge in [-0.15, -0.1) is 0 Å². The highest BCUT2D eigenvalue weighted by Gasteiger charge is 2.45. The molecule has 0 spiro atoms. The molecule has 0 atom stereocenters. The van der Waals surface area contributed by atoms with Gasteiger partial charge in [0.05, 0.1) is 77.0 Å². The van der Waals surface area contributed by atoms with E-state index in [1.807, 2.05) is 81.1 Å². The van der Waals surface area contributed by atoms with Crippen molar-refractivity contribution in [3.05, 3.63) is 108 Å². The third kappa shape index (κ3) is 10.9. The number of anilines is 1. The summed E-state index contributed by atoms with van der Waals surface area (Å²) in [5.74, 6) is -0.893. The molecule has 0 saturated carbocycles. The number of pyridine rings is 1. The van der Waals surface area contributed by atoms with Gasteiger partial charge < -0.3 is 28.1 Å². The van der Waals surface area contributed by atoms with Crippen LogP contribution < -0.4 is 9.47 Å². The summed E-state index contributed by atoms with van der Waals surface area (Å²) < 4.78 is 78.5. The topological polar surface area (TPSA) is 162 Å². The smallest absolute Gasteiger partial charge is 0.309 e. The van der Waals surface area contributed by atoms with Crippen LogP contribution in [-0.4, -0.2) is 125 Å². The Balaban J connectivity index is 1.68. The zero-order valence-corrected chi connectivity index (χ0v) is 38.2. The van der Waals surface area contributed by atoms with Crippen LogP contribution >= 0.6 is 0 Å². The summed E-state index contributed by atoms with van der Waals surface area (Å²) in [6.45, 7) is 11.5. The third-order valence-electron chi connectivity index (χ3n) is 11.4. The number of aromatic nitrogens is 1. The Morgan fingerprint density at radius 3 is 1.92 bits per heavy atom. The van der Waals surface area contributed by atoms with Crippen molar-refractivity contribution >= 4 is 48.9 Å². The van der Waals surface area contributed by atoms with Crippen LogP contribution in [0.4, 0.5) is 11.4 Å². The number of nitrogens with zero attached hydrogens (tertiary/aromatic N) is 5. The molecule has 13 nitrogen and oxygen atoms in total. The van der Waals surface area contributed by atoms with Crippen LogP contribution in [-0.2, 0) is 42.4 Å². The van der Waals surface area contributed by atoms with E-state index in [0.29, 0.717) is 19.6 Å². The Morgan fingerprint density at radius 1 is 0.783 bits per heavy atom. The highest BCUT2D eigenvalue weighted by atomic mass is 32.2. The Kier molecular flexibility index (Phi) is 13.3. The van der Waals surface area contributed by atoms with E-state index in [-0.39, 0.29) is 16.2 Å². The van der Waals surface area contributed by atoms with Crippen LogP contribution in [0.2, 0.25) is 0 Å². The number of benzene rings is 2. The summed E-state index contributed by atoms with van der Waals surface area (Å²) in [6, 6.07) is 13.0. The van der Waals surface area contributed by atoms with Crippen LogP contribution in [0.25, 0.3) is 5.57 Å². The van der Waals surface area contributed by atoms with Crippen molar-refractivity contribution < 1.29 is 54.0 Å². The second-order valence-corrected chi connectivity index (χ2v) is 21.7. The van der Waals surface area contributed by atoms with Gasteiger partial charge in [-0.25, -0.2) is 21.4 Å². The second-order valence-electron chi connectivity index (χ2n) is 18.9. The first-order valence-corrected chi connectivity index (χ1v) is 23.0. The predicted molar refractivity (Wildman–Crippen MR) is 231 cm³/mol. The molecule has 2 aromatic carbocycles. The van der Waals surface area contributed by atoms with Gasteiger partial charge in [-0.1, -0.05) is 19.9 Å². The van der Waals surface area contributed by atoms with Crippen molar-refractivity contribution in [2.75, 3.05) is 73.4 Å². The average Bonchev–Trinajstić information content (AvgIpc) is 3.46. The number of hydrogen-bond acceptors (Lipinski definition) is 8. The minimum absolute atomic E-state index is 0.0269. The van der Waals surface area contributed by atoms with Gasteiger partial charge >= 0.3 is 5.97 Å². The summed E-state index contributed by atoms with van der Waals surface area (Å²) in [5.41, 5.74) is 5.33. The van der Waals surface area contributed by atoms with E-state index < -0.39 is 37.0 Å². The number of rotatable bonds is 17. The van der Waals surface area contributed by atoms with Crippen molar-refractivity contribution in [1.82, 2.24) is 0 Å². The molecule has 2 aliphatic heterocycles. The molecule has 2 aliphatic rings. The van der Waals surface area contributed by atoms with Gasteiger partial charge in [0.15, 0.2) is 31.2 Å². The van der Waals surface area contributed by atoms with Crippen molar-refractivity contribution in [1.29, 1.82) is 0 Å². The Morgan fingerprint density at radius 2 is 1.35 bits per heavy atom. The predicted octanol–water partition coefficient (Wildman–Crippen LogP) is 5.15. The number of aliphatic carboxylic acids is 1. The molecule has 0 radical (unpaired) electrons. The van der Waals surface area contributed by atoms with Crippen LogP contribution in [0, 0.1) is 0 Å². The quantitative estimate of drug-likeness (QED) is 0.0838. The van der Waals surface area contributed by atoms with E-state index in [1.165, 1.54) is 24.3 Å². The second kappa shape index (κ2) is 17.1. The highest BCUT2D eigenvalue weighted by Crippen LogP contribution is 2.49. The fourth-order valence-electron chi connectivity index (χ4n) is 8.12. The van der Waals surface area contributed by atoms with Gasteiger partial charge in [-0.3, -0.25) is 4.79 Å². The van der Waals surface area contributed by atoms with E-state index in [0.717, 1.165) is 79.9 Å². The summed E-state index contributed by atoms with van der Waals surface area (Å²) in [5, 5.41) is 9.28. The molecule has 1 N–H and O–H groups in total. The van der Waals surface area contributed by atoms with Crippen molar-refractivity contribution in [3.63, 3.8) is 0 Å². The van der Waals surface area contributed by atoms with Crippen LogP contribution in [0.3, 0.4) is 0 Å². The molecule has 60 heavy (non-hydrogen) atoms. The van der Waals surface area contributed by atoms with Gasteiger partial charge in [-0.2, -0.15) is 4.58 Å². The van der Waals surface area contributed by atoms with Gasteiger partial charge in [0.1, 0.15) is 26.7 Å². The molecule has 3 aromatic rings. The van der Waals surface area contributed by atoms with Gasteiger partial charge in [-0.05, 0) is 73.0 Å². The molecule has 5 rings (SSSR count). The molecular formula is C45H61N5O8S2+2. The van der Waals surface area contributed by atoms with E-state index in [2.05, 4.69) is 51.8 Å². The third-order valence-corrected chi connectivity index (χ3v) is 13.0. The number of quaternary nitrogens is 2. The molecule has 0 bridgehead atoms. The zero-order valence-electron chi connectivity index (χ0n) is 36.6. The van der Waals surface area contributed by atoms with Gasteiger partial charge in [0, 0.05) is 59.6 Å². The minimum atomic E-state index is -4.69. The fraction of sp³-hybridized carbons (Fsp3) is 0.444. The van der Waals surface area contributed by atoms with Crippen LogP contribution in [0.1, 0.15) is 63.6 Å². The summed E-state index contributed by atoms with van der Waals surface area (Å²) >= 11 is 0. The number of allylic oxidation sites excluding steroid dienone is 6. The lowest BCUT2D eigenvalue weighted by Crippen LogP contribution is -2.37. The molecule has 1 aromatic heterocycles. The van der Waals surface area contributed by atoms with Crippen molar-refractivity contribution in [3.8, 4) is 0 Å². The van der Waals surface area contributed by atoms with E-state index in [4.69, 9.17) is 0 Å². The number of carboxylic acid groups (broad SMARTS) is 1. The van der Waals surface area contributed by atoms with Gasteiger partial charge in [0.2, 0.25) is 5.69 Å². The standard InChI is InChI=1S/C45H60N5O8S2/c1-44(2)37-31-35(59(53,54)55)15-17-39(37)47(24-11-29-49(5,6)7)41(44)19-13-33(34-21-26-46(27-22-34)28-23-43(51)52)14-20-42-45(3,4)38-32-36(60(56,57)58)16-18-40(38)48(42)25-12-30-50(8,9)10/h13-22,26-27,31-32H,11-12,23-25,28-30H2,1-10H3/q+1/p+1. The number of aryl methyl sites for hydroxylation is 1. The molecule has 0 saturated heterocycles. The number of carboxylic acids is 1. The maximum atomic E-state index is 12.2. The highest BCUT2D eigenvalue weighted by molar-refractivity contribution is 7.86. The van der Waals surface area contributed by atoms with Crippen molar-refractivity contribution in [2.24, 2.45) is 0 Å². The minimum Gasteiger partial charge on any atom is -0.744 e. The molecule has 324 valence electrons. The Hall–Kier alpha value is -4.51. The van der Waals surface area contributed by atoms with Crippen molar-refractivity contribution in [2.45, 2.75) is 74.1 Å². The fourth-order valence-corrected chi connectivity index (χ4v) is 9.11. The Labute approximate surface area is 356 Å². The molecular weight excluding hydrogens is 803 g/mol. The first kappa shape index (κ1) is 46.6. The van der Waals surface area contributed by atoms with Crippen LogP contribution in [0.15, 0.2) is 101 Å². The van der Waals surface area contributed by atoms with E-state index in [1.54, 1.807) is 12.1 Å². The summed E-state index contributed by atoms with van der Waals surface area (Å²) in [4.78, 5) is 13.0. The zero-order chi connectivity index (χ0) is 44.6. The first-order chi connectivity index (χ1) is 27.6. The lowest BCUT2D eigenvalue weighted by Gasteiger charge is -2.29. The lowest BCUT2D eigenvalue weighted by molar-refractivity contribution is -0.871. The molecule has 0 aliphatic carbocycles. The Bertz CT molecular complexity index is 2490. The summed E-state index contributed by atoms with van der Waals surface area (Å²) in [6.07, 6.45) is 13.5. The molecule has 0 amide bonds. The molecule has 0 unspecified atom stereocenters. The monoisotopic (exact) mass is 863 g/mol. The lowest BCUT2D eigenvalue weighted by atomic mass is 9.81. The molecule has 0 fully saturated rings. The summed E-state index contributed by atoms with van der Waals surface area (Å²) in [7, 11) is 3.42. The van der Waals surface area contributed by atoms with Crippen LogP contribution in [0.5, 0.6) is 0 Å². The number of hydrogen-bond donors (Lipinski definition) is 1. The van der Waals surface area contributed by atoms with E-state index >= 15 is 0 Å². The maximum absolute atomic E-state index is 12.2. The first-order valence-electron chi connectivity index (χ1n) is 20.2. The number of fused-ring (bicyclic) bond motifs is 2. The average molecular weight is 864 g/mol. The number of carbonyl (C=O) groups is 1. The SMILES string of the molecule is CC1(C)C(/C=C/C(=C/C=C2/N(CCC[N+](C)(C)C)c3ccc(S(=O)(=O)[O-])cc3C2(C)C)c2cc[n+](CCC(=O)O)cc2)=[N+](CCC[N+](C)(C)C)c2ccc(S(=O)(=O)[O-])cc21. The maximum Gasteiger partial charge on any atom is 0.309 e. The largest absolute Gasteiger partial charge is 0.744 e.